The summed E-state index contributed by atoms with van der Waals surface area (Å²) >= 11 is 0. The maximum absolute atomic E-state index is 10.2. The van der Waals surface area contributed by atoms with Gasteiger partial charge in [0.05, 0.1) is 6.10 Å². The number of rotatable bonds is 6. The third-order valence-electron chi connectivity index (χ3n) is 3.99. The average molecular weight is 276 g/mol. The van der Waals surface area contributed by atoms with Crippen molar-refractivity contribution in [3.8, 4) is 0 Å². The lowest BCUT2D eigenvalue weighted by molar-refractivity contribution is 0.0970. The van der Waals surface area contributed by atoms with E-state index < -0.39 is 0 Å². The van der Waals surface area contributed by atoms with Gasteiger partial charge in [-0.25, -0.2) is 0 Å². The minimum Gasteiger partial charge on any atom is -0.388 e. The largest absolute Gasteiger partial charge is 0.388 e. The van der Waals surface area contributed by atoms with Gasteiger partial charge in [-0.3, -0.25) is 0 Å². The molecular weight excluding hydrogens is 248 g/mol. The molecule has 0 amide bonds. The van der Waals surface area contributed by atoms with Gasteiger partial charge in [0.2, 0.25) is 0 Å². The molecule has 20 heavy (non-hydrogen) atoms. The molecular formula is C17H28N2O. The van der Waals surface area contributed by atoms with E-state index in [1.54, 1.807) is 0 Å². The Morgan fingerprint density at radius 1 is 1.00 bits per heavy atom. The smallest absolute Gasteiger partial charge is 0.0802 e. The van der Waals surface area contributed by atoms with E-state index in [2.05, 4.69) is 23.6 Å². The lowest BCUT2D eigenvalue weighted by atomic mass is 10.1. The Morgan fingerprint density at radius 3 is 2.20 bits per heavy atom. The number of piperazine rings is 1. The third kappa shape index (κ3) is 4.89. The first kappa shape index (κ1) is 15.5. The number of nitrogens with zero attached hydrogens (tertiary/aromatic N) is 2. The molecule has 0 saturated carbocycles. The summed E-state index contributed by atoms with van der Waals surface area (Å²) in [4.78, 5) is 5.03. The van der Waals surface area contributed by atoms with Crippen LogP contribution in [-0.4, -0.2) is 54.2 Å². The van der Waals surface area contributed by atoms with Gasteiger partial charge in [0.25, 0.3) is 0 Å². The lowest BCUT2D eigenvalue weighted by Crippen LogP contribution is -2.47. The topological polar surface area (TPSA) is 26.7 Å². The van der Waals surface area contributed by atoms with Crippen LogP contribution in [0.15, 0.2) is 30.3 Å². The molecule has 0 aromatic heterocycles. The van der Waals surface area contributed by atoms with Gasteiger partial charge in [-0.15, -0.1) is 0 Å². The first-order valence-electron chi connectivity index (χ1n) is 7.83. The summed E-state index contributed by atoms with van der Waals surface area (Å²) in [5.41, 5.74) is 1.03. The van der Waals surface area contributed by atoms with Crippen LogP contribution < -0.4 is 0 Å². The van der Waals surface area contributed by atoms with Crippen LogP contribution in [-0.2, 0) is 0 Å². The maximum Gasteiger partial charge on any atom is 0.0802 e. The Bertz CT molecular complexity index is 372. The van der Waals surface area contributed by atoms with Crippen LogP contribution in [0.2, 0.25) is 0 Å². The van der Waals surface area contributed by atoms with E-state index >= 15 is 0 Å². The molecule has 1 aliphatic rings. The molecule has 112 valence electrons. The van der Waals surface area contributed by atoms with Gasteiger partial charge >= 0.3 is 0 Å². The van der Waals surface area contributed by atoms with Crippen LogP contribution in [0.3, 0.4) is 0 Å². The van der Waals surface area contributed by atoms with Gasteiger partial charge in [0, 0.05) is 39.3 Å². The summed E-state index contributed by atoms with van der Waals surface area (Å²) in [6.07, 6.45) is 0.499. The standard InChI is InChI=1S/C17H28N2O/c1-15(2)14-19-12-10-18(11-13-19)9-8-17(20)16-6-4-3-5-7-16/h3-7,15,17,20H,8-14H2,1-2H3. The van der Waals surface area contributed by atoms with Crippen molar-refractivity contribution in [1.29, 1.82) is 0 Å². The van der Waals surface area contributed by atoms with Crippen molar-refractivity contribution in [2.45, 2.75) is 26.4 Å². The van der Waals surface area contributed by atoms with Crippen molar-refractivity contribution in [2.24, 2.45) is 5.92 Å². The molecule has 3 heteroatoms. The van der Waals surface area contributed by atoms with Crippen LogP contribution >= 0.6 is 0 Å². The molecule has 0 spiro atoms. The predicted molar refractivity (Wildman–Crippen MR) is 83.7 cm³/mol. The Kier molecular flexibility index (Phi) is 6.02. The molecule has 1 aromatic rings. The fourth-order valence-electron chi connectivity index (χ4n) is 2.86. The quantitative estimate of drug-likeness (QED) is 0.864. The molecule has 1 aromatic carbocycles. The first-order chi connectivity index (χ1) is 9.65. The van der Waals surface area contributed by atoms with Gasteiger partial charge in [-0.2, -0.15) is 0 Å². The number of aliphatic hydroxyl groups excluding tert-OH is 1. The van der Waals surface area contributed by atoms with Crippen molar-refractivity contribution in [2.75, 3.05) is 39.3 Å². The SMILES string of the molecule is CC(C)CN1CCN(CCC(O)c2ccccc2)CC1. The minimum atomic E-state index is -0.329. The van der Waals surface area contributed by atoms with Gasteiger partial charge < -0.3 is 14.9 Å². The molecule has 3 nitrogen and oxygen atoms in total. The Balaban J connectivity index is 1.68. The highest BCUT2D eigenvalue weighted by molar-refractivity contribution is 5.17. The molecule has 0 aliphatic carbocycles. The van der Waals surface area contributed by atoms with E-state index in [9.17, 15) is 5.11 Å². The molecule has 1 aliphatic heterocycles. The third-order valence-corrected chi connectivity index (χ3v) is 3.99. The van der Waals surface area contributed by atoms with Gasteiger partial charge in [-0.1, -0.05) is 44.2 Å². The van der Waals surface area contributed by atoms with Crippen molar-refractivity contribution in [1.82, 2.24) is 9.80 Å². The zero-order valence-electron chi connectivity index (χ0n) is 12.8. The number of benzene rings is 1. The first-order valence-corrected chi connectivity index (χ1v) is 7.83. The number of hydrogen-bond acceptors (Lipinski definition) is 3. The lowest BCUT2D eigenvalue weighted by Gasteiger charge is -2.35. The summed E-state index contributed by atoms with van der Waals surface area (Å²) < 4.78 is 0. The molecule has 1 atom stereocenters. The van der Waals surface area contributed by atoms with E-state index in [1.807, 2.05) is 30.3 Å². The van der Waals surface area contributed by atoms with Crippen molar-refractivity contribution >= 4 is 0 Å². The molecule has 1 saturated heterocycles. The minimum absolute atomic E-state index is 0.329. The molecule has 2 rings (SSSR count). The van der Waals surface area contributed by atoms with Crippen LogP contribution in [0, 0.1) is 5.92 Å². The van der Waals surface area contributed by atoms with Gasteiger partial charge in [0.1, 0.15) is 0 Å². The van der Waals surface area contributed by atoms with Crippen molar-refractivity contribution in [3.05, 3.63) is 35.9 Å². The zero-order chi connectivity index (χ0) is 14.4. The second-order valence-corrected chi connectivity index (χ2v) is 6.25. The molecule has 1 unspecified atom stereocenters. The highest BCUT2D eigenvalue weighted by Crippen LogP contribution is 2.17. The average Bonchev–Trinajstić information content (AvgIpc) is 2.46. The summed E-state index contributed by atoms with van der Waals surface area (Å²) in [5.74, 6) is 0.751. The van der Waals surface area contributed by atoms with Crippen LogP contribution in [0.1, 0.15) is 31.9 Å². The molecule has 1 heterocycles. The predicted octanol–water partition coefficient (Wildman–Crippen LogP) is 2.38. The molecule has 0 bridgehead atoms. The fraction of sp³-hybridized carbons (Fsp3) is 0.647. The summed E-state index contributed by atoms with van der Waals surface area (Å²) in [6.45, 7) is 11.4. The van der Waals surface area contributed by atoms with Crippen molar-refractivity contribution in [3.63, 3.8) is 0 Å². The van der Waals surface area contributed by atoms with Gasteiger partial charge in [-0.05, 0) is 17.9 Å². The van der Waals surface area contributed by atoms with E-state index in [1.165, 1.54) is 19.6 Å². The Labute approximate surface area is 123 Å². The zero-order valence-corrected chi connectivity index (χ0v) is 12.8. The summed E-state index contributed by atoms with van der Waals surface area (Å²) in [5, 5.41) is 10.2. The van der Waals surface area contributed by atoms with Crippen LogP contribution in [0.4, 0.5) is 0 Å². The highest BCUT2D eigenvalue weighted by atomic mass is 16.3. The highest BCUT2D eigenvalue weighted by Gasteiger charge is 2.18. The van der Waals surface area contributed by atoms with E-state index in [4.69, 9.17) is 0 Å². The van der Waals surface area contributed by atoms with Gasteiger partial charge in [0.15, 0.2) is 0 Å². The summed E-state index contributed by atoms with van der Waals surface area (Å²) in [6, 6.07) is 9.98. The maximum atomic E-state index is 10.2. The van der Waals surface area contributed by atoms with Crippen LogP contribution in [0.25, 0.3) is 0 Å². The second-order valence-electron chi connectivity index (χ2n) is 6.25. The monoisotopic (exact) mass is 276 g/mol. The number of hydrogen-bond donors (Lipinski definition) is 1. The number of aliphatic hydroxyl groups is 1. The molecule has 0 radical (unpaired) electrons. The normalized spacial score (nSPS) is 19.4. The summed E-state index contributed by atoms with van der Waals surface area (Å²) in [7, 11) is 0. The van der Waals surface area contributed by atoms with Crippen LogP contribution in [0.5, 0.6) is 0 Å². The van der Waals surface area contributed by atoms with E-state index in [0.29, 0.717) is 0 Å². The second kappa shape index (κ2) is 7.77. The van der Waals surface area contributed by atoms with E-state index in [-0.39, 0.29) is 6.10 Å². The molecule has 1 N–H and O–H groups in total. The van der Waals surface area contributed by atoms with E-state index in [0.717, 1.165) is 37.5 Å². The fourth-order valence-corrected chi connectivity index (χ4v) is 2.86. The Hall–Kier alpha value is -0.900. The molecule has 1 fully saturated rings. The Morgan fingerprint density at radius 2 is 1.60 bits per heavy atom. The van der Waals surface area contributed by atoms with Crippen molar-refractivity contribution < 1.29 is 5.11 Å².